The number of hydrogen-bond donors (Lipinski definition) is 1. The van der Waals surface area contributed by atoms with Crippen molar-refractivity contribution in [3.05, 3.63) is 51.7 Å². The molecule has 0 aliphatic carbocycles. The summed E-state index contributed by atoms with van der Waals surface area (Å²) in [5.41, 5.74) is 2.47. The molecule has 2 nitrogen and oxygen atoms in total. The van der Waals surface area contributed by atoms with Crippen molar-refractivity contribution in [2.45, 2.75) is 20.0 Å². The SMILES string of the molecule is C#CCOc1ccccc1CNCc1sccc1C. The number of ether oxygens (including phenoxy) is 1. The molecule has 0 aliphatic heterocycles. The van der Waals surface area contributed by atoms with Gasteiger partial charge < -0.3 is 10.1 Å². The van der Waals surface area contributed by atoms with Crippen LogP contribution in [0.3, 0.4) is 0 Å². The van der Waals surface area contributed by atoms with E-state index in [0.29, 0.717) is 6.61 Å². The van der Waals surface area contributed by atoms with E-state index in [-0.39, 0.29) is 0 Å². The van der Waals surface area contributed by atoms with Gasteiger partial charge in [0, 0.05) is 23.5 Å². The van der Waals surface area contributed by atoms with Crippen LogP contribution in [0.5, 0.6) is 5.75 Å². The van der Waals surface area contributed by atoms with Crippen LogP contribution in [0.4, 0.5) is 0 Å². The van der Waals surface area contributed by atoms with Crippen molar-refractivity contribution in [1.82, 2.24) is 5.32 Å². The Bertz CT molecular complexity index is 568. The first kappa shape index (κ1) is 13.7. The molecule has 0 aliphatic rings. The maximum absolute atomic E-state index is 5.52. The summed E-state index contributed by atoms with van der Waals surface area (Å²) in [6.07, 6.45) is 5.22. The summed E-state index contributed by atoms with van der Waals surface area (Å²) in [7, 11) is 0. The first-order valence-electron chi connectivity index (χ1n) is 6.19. The van der Waals surface area contributed by atoms with Crippen LogP contribution in [-0.2, 0) is 13.1 Å². The molecule has 1 heterocycles. The fourth-order valence-corrected chi connectivity index (χ4v) is 2.68. The second-order valence-electron chi connectivity index (χ2n) is 4.23. The second-order valence-corrected chi connectivity index (χ2v) is 5.23. The van der Waals surface area contributed by atoms with Gasteiger partial charge in [-0.25, -0.2) is 0 Å². The van der Waals surface area contributed by atoms with E-state index in [1.807, 2.05) is 18.2 Å². The Labute approximate surface area is 118 Å². The van der Waals surface area contributed by atoms with Crippen molar-refractivity contribution in [1.29, 1.82) is 0 Å². The van der Waals surface area contributed by atoms with Crippen LogP contribution in [-0.4, -0.2) is 6.61 Å². The number of terminal acetylenes is 1. The Morgan fingerprint density at radius 3 is 2.84 bits per heavy atom. The van der Waals surface area contributed by atoms with Gasteiger partial charge in [-0.1, -0.05) is 24.1 Å². The molecule has 2 aromatic rings. The molecule has 0 amide bonds. The summed E-state index contributed by atoms with van der Waals surface area (Å²) in [5, 5.41) is 5.56. The predicted molar refractivity (Wildman–Crippen MR) is 80.4 cm³/mol. The normalized spacial score (nSPS) is 10.1. The highest BCUT2D eigenvalue weighted by Gasteiger charge is 2.03. The molecule has 1 aromatic carbocycles. The highest BCUT2D eigenvalue weighted by atomic mass is 32.1. The zero-order chi connectivity index (χ0) is 13.5. The van der Waals surface area contributed by atoms with Crippen molar-refractivity contribution in [3.63, 3.8) is 0 Å². The minimum atomic E-state index is 0.307. The molecule has 1 N–H and O–H groups in total. The first-order chi connectivity index (χ1) is 9.31. The molecule has 0 fully saturated rings. The van der Waals surface area contributed by atoms with Gasteiger partial charge in [-0.05, 0) is 30.0 Å². The van der Waals surface area contributed by atoms with Crippen molar-refractivity contribution in [2.24, 2.45) is 0 Å². The lowest BCUT2D eigenvalue weighted by Crippen LogP contribution is -2.13. The van der Waals surface area contributed by atoms with Crippen LogP contribution in [0.1, 0.15) is 16.0 Å². The molecule has 0 unspecified atom stereocenters. The molecule has 0 saturated heterocycles. The Morgan fingerprint density at radius 1 is 1.26 bits per heavy atom. The Hall–Kier alpha value is -1.76. The summed E-state index contributed by atoms with van der Waals surface area (Å²) >= 11 is 1.78. The van der Waals surface area contributed by atoms with Gasteiger partial charge in [0.05, 0.1) is 0 Å². The third-order valence-corrected chi connectivity index (χ3v) is 3.88. The quantitative estimate of drug-likeness (QED) is 0.813. The molecule has 2 rings (SSSR count). The standard InChI is InChI=1S/C16H17NOS/c1-3-9-18-15-7-5-4-6-14(15)11-17-12-16-13(2)8-10-19-16/h1,4-8,10,17H,9,11-12H2,2H3. The van der Waals surface area contributed by atoms with Gasteiger partial charge in [0.2, 0.25) is 0 Å². The van der Waals surface area contributed by atoms with E-state index in [1.165, 1.54) is 10.4 Å². The fraction of sp³-hybridized carbons (Fsp3) is 0.250. The van der Waals surface area contributed by atoms with Gasteiger partial charge in [0.1, 0.15) is 12.4 Å². The average Bonchev–Trinajstić information content (AvgIpc) is 2.83. The molecule has 0 radical (unpaired) electrons. The third kappa shape index (κ3) is 3.85. The average molecular weight is 271 g/mol. The van der Waals surface area contributed by atoms with E-state index in [9.17, 15) is 0 Å². The monoisotopic (exact) mass is 271 g/mol. The van der Waals surface area contributed by atoms with Crippen LogP contribution < -0.4 is 10.1 Å². The molecule has 98 valence electrons. The van der Waals surface area contributed by atoms with E-state index >= 15 is 0 Å². The van der Waals surface area contributed by atoms with E-state index in [1.54, 1.807) is 11.3 Å². The summed E-state index contributed by atoms with van der Waals surface area (Å²) in [5.74, 6) is 3.35. The van der Waals surface area contributed by atoms with Crippen molar-refractivity contribution < 1.29 is 4.74 Å². The molecule has 0 atom stereocenters. The number of hydrogen-bond acceptors (Lipinski definition) is 3. The maximum atomic E-state index is 5.52. The fourth-order valence-electron chi connectivity index (χ4n) is 1.81. The Kier molecular flexibility index (Phi) is 5.02. The van der Waals surface area contributed by atoms with Gasteiger partial charge in [0.15, 0.2) is 0 Å². The lowest BCUT2D eigenvalue weighted by Gasteiger charge is -2.10. The molecule has 19 heavy (non-hydrogen) atoms. The number of benzene rings is 1. The summed E-state index contributed by atoms with van der Waals surface area (Å²) < 4.78 is 5.52. The van der Waals surface area contributed by atoms with Crippen LogP contribution in [0.15, 0.2) is 35.7 Å². The van der Waals surface area contributed by atoms with E-state index in [4.69, 9.17) is 11.2 Å². The van der Waals surface area contributed by atoms with Gasteiger partial charge in [-0.15, -0.1) is 17.8 Å². The van der Waals surface area contributed by atoms with E-state index < -0.39 is 0 Å². The molecule has 0 saturated carbocycles. The van der Waals surface area contributed by atoms with Gasteiger partial charge >= 0.3 is 0 Å². The number of thiophene rings is 1. The molecule has 0 bridgehead atoms. The predicted octanol–water partition coefficient (Wildman–Crippen LogP) is 3.36. The minimum absolute atomic E-state index is 0.307. The largest absolute Gasteiger partial charge is 0.481 e. The number of nitrogens with one attached hydrogen (secondary N) is 1. The molecule has 1 aromatic heterocycles. The Balaban J connectivity index is 1.92. The smallest absolute Gasteiger partial charge is 0.148 e. The van der Waals surface area contributed by atoms with Crippen LogP contribution in [0.25, 0.3) is 0 Å². The Morgan fingerprint density at radius 2 is 2.11 bits per heavy atom. The number of rotatable bonds is 6. The van der Waals surface area contributed by atoms with Crippen LogP contribution >= 0.6 is 11.3 Å². The zero-order valence-electron chi connectivity index (χ0n) is 11.0. The van der Waals surface area contributed by atoms with E-state index in [0.717, 1.165) is 24.4 Å². The molecule has 0 spiro atoms. The second kappa shape index (κ2) is 6.98. The highest BCUT2D eigenvalue weighted by molar-refractivity contribution is 7.10. The minimum Gasteiger partial charge on any atom is -0.481 e. The summed E-state index contributed by atoms with van der Waals surface area (Å²) in [4.78, 5) is 1.38. The molecular weight excluding hydrogens is 254 g/mol. The van der Waals surface area contributed by atoms with Crippen LogP contribution in [0.2, 0.25) is 0 Å². The summed E-state index contributed by atoms with van der Waals surface area (Å²) in [6.45, 7) is 4.10. The maximum Gasteiger partial charge on any atom is 0.148 e. The summed E-state index contributed by atoms with van der Waals surface area (Å²) in [6, 6.07) is 10.1. The van der Waals surface area contributed by atoms with E-state index in [2.05, 4.69) is 35.7 Å². The highest BCUT2D eigenvalue weighted by Crippen LogP contribution is 2.19. The number of aryl methyl sites for hydroxylation is 1. The van der Waals surface area contributed by atoms with Crippen LogP contribution in [0, 0.1) is 19.3 Å². The van der Waals surface area contributed by atoms with Crippen molar-refractivity contribution in [3.8, 4) is 18.1 Å². The van der Waals surface area contributed by atoms with Gasteiger partial charge in [-0.2, -0.15) is 0 Å². The lowest BCUT2D eigenvalue weighted by molar-refractivity contribution is 0.365. The number of para-hydroxylation sites is 1. The van der Waals surface area contributed by atoms with Crippen molar-refractivity contribution >= 4 is 11.3 Å². The van der Waals surface area contributed by atoms with Gasteiger partial charge in [-0.3, -0.25) is 0 Å². The first-order valence-corrected chi connectivity index (χ1v) is 7.07. The molecular formula is C16H17NOS. The third-order valence-electron chi connectivity index (χ3n) is 2.85. The molecule has 3 heteroatoms. The topological polar surface area (TPSA) is 21.3 Å². The zero-order valence-corrected chi connectivity index (χ0v) is 11.8. The van der Waals surface area contributed by atoms with Crippen molar-refractivity contribution in [2.75, 3.05) is 6.61 Å². The van der Waals surface area contributed by atoms with Gasteiger partial charge in [0.25, 0.3) is 0 Å². The lowest BCUT2D eigenvalue weighted by atomic mass is 10.2.